The van der Waals surface area contributed by atoms with Crippen molar-refractivity contribution in [1.82, 2.24) is 9.97 Å². The third kappa shape index (κ3) is 2.49. The summed E-state index contributed by atoms with van der Waals surface area (Å²) in [6.07, 6.45) is 2.75. The Balaban J connectivity index is 2.28. The first-order chi connectivity index (χ1) is 8.16. The molecule has 0 atom stereocenters. The normalized spacial score (nSPS) is 9.88. The minimum atomic E-state index is -0.522. The standard InChI is InChI=1S/C11H10N4O2/c12-9-5-14-6-15-11(9)17-8-3-1-2-7(4-8)10(13)16/h1-6H,12H2,(H2,13,16). The van der Waals surface area contributed by atoms with Gasteiger partial charge in [-0.25, -0.2) is 4.98 Å². The van der Waals surface area contributed by atoms with Gasteiger partial charge in [0.25, 0.3) is 0 Å². The summed E-state index contributed by atoms with van der Waals surface area (Å²) >= 11 is 0. The summed E-state index contributed by atoms with van der Waals surface area (Å²) in [4.78, 5) is 18.6. The molecule has 1 aromatic carbocycles. The Morgan fingerprint density at radius 2 is 2.18 bits per heavy atom. The maximum Gasteiger partial charge on any atom is 0.248 e. The van der Waals surface area contributed by atoms with E-state index in [4.69, 9.17) is 16.2 Å². The fraction of sp³-hybridized carbons (Fsp3) is 0. The van der Waals surface area contributed by atoms with Crippen molar-refractivity contribution >= 4 is 11.6 Å². The smallest absolute Gasteiger partial charge is 0.248 e. The van der Waals surface area contributed by atoms with Gasteiger partial charge in [0.05, 0.1) is 6.20 Å². The lowest BCUT2D eigenvalue weighted by molar-refractivity contribution is 0.1000. The van der Waals surface area contributed by atoms with Crippen molar-refractivity contribution in [2.75, 3.05) is 5.73 Å². The molecule has 6 nitrogen and oxygen atoms in total. The molecule has 0 saturated carbocycles. The molecule has 0 saturated heterocycles. The first kappa shape index (κ1) is 10.9. The fourth-order valence-electron chi connectivity index (χ4n) is 1.24. The van der Waals surface area contributed by atoms with Crippen molar-refractivity contribution in [3.63, 3.8) is 0 Å². The Morgan fingerprint density at radius 1 is 1.35 bits per heavy atom. The molecule has 0 bridgehead atoms. The predicted molar refractivity (Wildman–Crippen MR) is 61.5 cm³/mol. The van der Waals surface area contributed by atoms with Crippen LogP contribution in [0.2, 0.25) is 0 Å². The Kier molecular flexibility index (Phi) is 2.87. The number of rotatable bonds is 3. The second-order valence-electron chi connectivity index (χ2n) is 3.28. The molecule has 0 aliphatic rings. The number of anilines is 1. The molecular weight excluding hydrogens is 220 g/mol. The molecule has 1 aromatic heterocycles. The topological polar surface area (TPSA) is 104 Å². The van der Waals surface area contributed by atoms with E-state index in [0.717, 1.165) is 0 Å². The number of primary amides is 1. The van der Waals surface area contributed by atoms with Gasteiger partial charge in [-0.3, -0.25) is 4.79 Å². The van der Waals surface area contributed by atoms with Gasteiger partial charge >= 0.3 is 0 Å². The quantitative estimate of drug-likeness (QED) is 0.816. The van der Waals surface area contributed by atoms with Crippen LogP contribution in [0.4, 0.5) is 5.69 Å². The molecule has 1 amide bonds. The highest BCUT2D eigenvalue weighted by Crippen LogP contribution is 2.24. The maximum atomic E-state index is 11.0. The maximum absolute atomic E-state index is 11.0. The zero-order valence-electron chi connectivity index (χ0n) is 8.83. The van der Waals surface area contributed by atoms with Gasteiger partial charge in [-0.2, -0.15) is 4.98 Å². The summed E-state index contributed by atoms with van der Waals surface area (Å²) in [5.74, 6) is 0.152. The van der Waals surface area contributed by atoms with E-state index in [9.17, 15) is 4.79 Å². The number of hydrogen-bond acceptors (Lipinski definition) is 5. The second-order valence-corrected chi connectivity index (χ2v) is 3.28. The van der Waals surface area contributed by atoms with Crippen molar-refractivity contribution in [3.8, 4) is 11.6 Å². The Bertz CT molecular complexity index is 557. The number of nitrogen functional groups attached to an aromatic ring is 1. The van der Waals surface area contributed by atoms with E-state index in [1.807, 2.05) is 0 Å². The van der Waals surface area contributed by atoms with E-state index < -0.39 is 5.91 Å². The van der Waals surface area contributed by atoms with Crippen molar-refractivity contribution in [3.05, 3.63) is 42.4 Å². The zero-order chi connectivity index (χ0) is 12.3. The van der Waals surface area contributed by atoms with Gasteiger partial charge in [-0.15, -0.1) is 0 Å². The zero-order valence-corrected chi connectivity index (χ0v) is 8.83. The summed E-state index contributed by atoms with van der Waals surface area (Å²) in [6.45, 7) is 0. The first-order valence-electron chi connectivity index (χ1n) is 4.80. The van der Waals surface area contributed by atoms with Crippen molar-refractivity contribution < 1.29 is 9.53 Å². The summed E-state index contributed by atoms with van der Waals surface area (Å²) in [5.41, 5.74) is 11.5. The van der Waals surface area contributed by atoms with Crippen LogP contribution >= 0.6 is 0 Å². The number of nitrogens with two attached hydrogens (primary N) is 2. The molecule has 2 rings (SSSR count). The van der Waals surface area contributed by atoms with Crippen LogP contribution in [0.15, 0.2) is 36.8 Å². The number of amides is 1. The lowest BCUT2D eigenvalue weighted by Crippen LogP contribution is -2.10. The third-order valence-corrected chi connectivity index (χ3v) is 2.04. The second kappa shape index (κ2) is 4.48. The number of benzene rings is 1. The van der Waals surface area contributed by atoms with Crippen LogP contribution in [0.25, 0.3) is 0 Å². The number of aromatic nitrogens is 2. The molecule has 0 fully saturated rings. The third-order valence-electron chi connectivity index (χ3n) is 2.04. The number of ether oxygens (including phenoxy) is 1. The molecule has 0 unspecified atom stereocenters. The largest absolute Gasteiger partial charge is 0.437 e. The van der Waals surface area contributed by atoms with Crippen molar-refractivity contribution in [2.45, 2.75) is 0 Å². The van der Waals surface area contributed by atoms with Crippen LogP contribution in [0.1, 0.15) is 10.4 Å². The molecule has 0 aliphatic heterocycles. The van der Waals surface area contributed by atoms with E-state index in [2.05, 4.69) is 9.97 Å². The first-order valence-corrected chi connectivity index (χ1v) is 4.80. The molecule has 2 aromatic rings. The lowest BCUT2D eigenvalue weighted by atomic mass is 10.2. The molecule has 17 heavy (non-hydrogen) atoms. The summed E-state index contributed by atoms with van der Waals surface area (Å²) in [7, 11) is 0. The predicted octanol–water partition coefficient (Wildman–Crippen LogP) is 0.950. The van der Waals surface area contributed by atoms with E-state index >= 15 is 0 Å². The summed E-state index contributed by atoms with van der Waals surface area (Å²) in [5, 5.41) is 0. The van der Waals surface area contributed by atoms with Gasteiger partial charge in [0.15, 0.2) is 0 Å². The van der Waals surface area contributed by atoms with Gasteiger partial charge in [-0.05, 0) is 18.2 Å². The highest BCUT2D eigenvalue weighted by Gasteiger charge is 2.05. The Labute approximate surface area is 97.2 Å². The summed E-state index contributed by atoms with van der Waals surface area (Å²) in [6, 6.07) is 6.45. The van der Waals surface area contributed by atoms with E-state index in [0.29, 0.717) is 17.0 Å². The highest BCUT2D eigenvalue weighted by molar-refractivity contribution is 5.93. The molecule has 6 heteroatoms. The van der Waals surface area contributed by atoms with Crippen LogP contribution in [0.3, 0.4) is 0 Å². The fourth-order valence-corrected chi connectivity index (χ4v) is 1.24. The molecule has 0 spiro atoms. The van der Waals surface area contributed by atoms with Crippen molar-refractivity contribution in [2.24, 2.45) is 5.73 Å². The van der Waals surface area contributed by atoms with Crippen LogP contribution in [0.5, 0.6) is 11.6 Å². The number of carbonyl (C=O) groups excluding carboxylic acids is 1. The average molecular weight is 230 g/mol. The monoisotopic (exact) mass is 230 g/mol. The number of nitrogens with zero attached hydrogens (tertiary/aromatic N) is 2. The van der Waals surface area contributed by atoms with E-state index in [1.165, 1.54) is 18.6 Å². The van der Waals surface area contributed by atoms with Crippen LogP contribution in [0, 0.1) is 0 Å². The van der Waals surface area contributed by atoms with Gasteiger partial charge in [0.2, 0.25) is 11.8 Å². The van der Waals surface area contributed by atoms with Crippen LogP contribution < -0.4 is 16.2 Å². The number of carbonyl (C=O) groups is 1. The minimum Gasteiger partial charge on any atom is -0.437 e. The minimum absolute atomic E-state index is 0.238. The molecule has 0 radical (unpaired) electrons. The number of hydrogen-bond donors (Lipinski definition) is 2. The van der Waals surface area contributed by atoms with Crippen LogP contribution in [-0.2, 0) is 0 Å². The molecule has 86 valence electrons. The van der Waals surface area contributed by atoms with Gasteiger partial charge in [0.1, 0.15) is 17.8 Å². The van der Waals surface area contributed by atoms with E-state index in [-0.39, 0.29) is 5.88 Å². The van der Waals surface area contributed by atoms with Crippen LogP contribution in [-0.4, -0.2) is 15.9 Å². The summed E-state index contributed by atoms with van der Waals surface area (Å²) < 4.78 is 5.42. The van der Waals surface area contributed by atoms with Gasteiger partial charge in [0, 0.05) is 5.56 Å². The lowest BCUT2D eigenvalue weighted by Gasteiger charge is -2.06. The van der Waals surface area contributed by atoms with Gasteiger partial charge < -0.3 is 16.2 Å². The Morgan fingerprint density at radius 3 is 2.88 bits per heavy atom. The molecule has 4 N–H and O–H groups in total. The molecular formula is C11H10N4O2. The molecule has 0 aliphatic carbocycles. The van der Waals surface area contributed by atoms with Gasteiger partial charge in [-0.1, -0.05) is 6.07 Å². The van der Waals surface area contributed by atoms with E-state index in [1.54, 1.807) is 18.2 Å². The SMILES string of the molecule is NC(=O)c1cccc(Oc2ncncc2N)c1. The van der Waals surface area contributed by atoms with Crippen molar-refractivity contribution in [1.29, 1.82) is 0 Å². The molecule has 1 heterocycles. The Hall–Kier alpha value is -2.63. The highest BCUT2D eigenvalue weighted by atomic mass is 16.5. The average Bonchev–Trinajstić information content (AvgIpc) is 2.32.